The Morgan fingerprint density at radius 2 is 1.89 bits per heavy atom. The van der Waals surface area contributed by atoms with Crippen molar-refractivity contribution >= 4 is 11.8 Å². The maximum absolute atomic E-state index is 9.68. The van der Waals surface area contributed by atoms with Gasteiger partial charge in [-0.3, -0.25) is 0 Å². The van der Waals surface area contributed by atoms with E-state index in [-0.39, 0.29) is 12.6 Å². The highest BCUT2D eigenvalue weighted by molar-refractivity contribution is 5.55. The van der Waals surface area contributed by atoms with Crippen molar-refractivity contribution in [2.24, 2.45) is 5.92 Å². The Hall–Kier alpha value is -2.14. The van der Waals surface area contributed by atoms with E-state index in [1.807, 2.05) is 0 Å². The number of nitrogens with zero attached hydrogens (tertiary/aromatic N) is 3. The molecular formula is C22H30N4O. The lowest BCUT2D eigenvalue weighted by molar-refractivity contribution is 0.248. The van der Waals surface area contributed by atoms with Crippen molar-refractivity contribution in [3.8, 4) is 0 Å². The fourth-order valence-electron chi connectivity index (χ4n) is 4.34. The second-order valence-corrected chi connectivity index (χ2v) is 8.54. The average Bonchev–Trinajstić information content (AvgIpc) is 3.25. The van der Waals surface area contributed by atoms with E-state index in [9.17, 15) is 5.11 Å². The topological polar surface area (TPSA) is 61.3 Å². The molecule has 2 N–H and O–H groups in total. The SMILES string of the molecule is CC(C)c1cc(N2C[C@H]3C[C@H]2c2ccccc23)nc(N[C@H](CO)C(C)C)n1. The molecule has 5 nitrogen and oxygen atoms in total. The monoisotopic (exact) mass is 366 g/mol. The Bertz CT molecular complexity index is 820. The third-order valence-electron chi connectivity index (χ3n) is 6.03. The molecule has 0 amide bonds. The molecule has 0 saturated carbocycles. The van der Waals surface area contributed by atoms with Crippen LogP contribution in [0.3, 0.4) is 0 Å². The zero-order valence-corrected chi connectivity index (χ0v) is 16.7. The van der Waals surface area contributed by atoms with Crippen LogP contribution in [0, 0.1) is 5.92 Å². The largest absolute Gasteiger partial charge is 0.394 e. The van der Waals surface area contributed by atoms with Gasteiger partial charge in [-0.15, -0.1) is 0 Å². The Labute approximate surface area is 161 Å². The molecule has 1 aromatic heterocycles. The summed E-state index contributed by atoms with van der Waals surface area (Å²) in [6.07, 6.45) is 1.17. The normalized spacial score (nSPS) is 21.8. The molecular weight excluding hydrogens is 336 g/mol. The van der Waals surface area contributed by atoms with E-state index in [2.05, 4.69) is 68.2 Å². The summed E-state index contributed by atoms with van der Waals surface area (Å²) in [4.78, 5) is 12.0. The van der Waals surface area contributed by atoms with Crippen LogP contribution in [0.5, 0.6) is 0 Å². The minimum absolute atomic E-state index is 0.0454. The second kappa shape index (κ2) is 7.12. The van der Waals surface area contributed by atoms with Crippen LogP contribution >= 0.6 is 0 Å². The lowest BCUT2D eigenvalue weighted by Crippen LogP contribution is -2.32. The standard InChI is InChI=1S/C22H30N4O/c1-13(2)18-10-21(25-22(23-18)24-19(12-27)14(3)4)26-11-15-9-20(26)17-8-6-5-7-16(15)17/h5-8,10,13-15,19-20,27H,9,11-12H2,1-4H3,(H,23,24,25)/t15-,19-,20+/m1/s1. The van der Waals surface area contributed by atoms with Gasteiger partial charge in [0, 0.05) is 18.5 Å². The van der Waals surface area contributed by atoms with Gasteiger partial charge in [0.15, 0.2) is 0 Å². The van der Waals surface area contributed by atoms with Gasteiger partial charge in [0.05, 0.1) is 24.4 Å². The molecule has 2 aromatic rings. The molecule has 1 aromatic carbocycles. The highest BCUT2D eigenvalue weighted by atomic mass is 16.3. The van der Waals surface area contributed by atoms with Gasteiger partial charge in [-0.1, -0.05) is 52.0 Å². The molecule has 3 atom stereocenters. The number of aliphatic hydroxyl groups is 1. The van der Waals surface area contributed by atoms with Gasteiger partial charge in [0.25, 0.3) is 0 Å². The van der Waals surface area contributed by atoms with E-state index in [1.165, 1.54) is 17.5 Å². The van der Waals surface area contributed by atoms with E-state index in [0.29, 0.717) is 29.7 Å². The van der Waals surface area contributed by atoms with Crippen molar-refractivity contribution < 1.29 is 5.11 Å². The molecule has 2 heterocycles. The summed E-state index contributed by atoms with van der Waals surface area (Å²) in [5, 5.41) is 13.0. The first-order chi connectivity index (χ1) is 13.0. The number of fused-ring (bicyclic) bond motifs is 5. The van der Waals surface area contributed by atoms with Gasteiger partial charge in [0.1, 0.15) is 5.82 Å². The predicted molar refractivity (Wildman–Crippen MR) is 109 cm³/mol. The van der Waals surface area contributed by atoms with Gasteiger partial charge in [-0.05, 0) is 29.4 Å². The minimum Gasteiger partial charge on any atom is -0.394 e. The van der Waals surface area contributed by atoms with Crippen LogP contribution in [0.1, 0.15) is 68.8 Å². The van der Waals surface area contributed by atoms with Crippen molar-refractivity contribution in [1.29, 1.82) is 0 Å². The van der Waals surface area contributed by atoms with E-state index in [1.54, 1.807) is 0 Å². The molecule has 0 spiro atoms. The van der Waals surface area contributed by atoms with E-state index in [0.717, 1.165) is 18.1 Å². The van der Waals surface area contributed by atoms with Gasteiger partial charge < -0.3 is 15.3 Å². The zero-order chi connectivity index (χ0) is 19.1. The highest BCUT2D eigenvalue weighted by Crippen LogP contribution is 2.51. The fraction of sp³-hybridized carbons (Fsp3) is 0.545. The molecule has 1 aliphatic heterocycles. The predicted octanol–water partition coefficient (Wildman–Crippen LogP) is 4.08. The van der Waals surface area contributed by atoms with Crippen molar-refractivity contribution in [3.05, 3.63) is 47.2 Å². The number of aromatic nitrogens is 2. The number of aliphatic hydroxyl groups excluding tert-OH is 1. The number of benzene rings is 1. The van der Waals surface area contributed by atoms with Crippen LogP contribution < -0.4 is 10.2 Å². The fourth-order valence-corrected chi connectivity index (χ4v) is 4.34. The van der Waals surface area contributed by atoms with Crippen LogP contribution in [-0.4, -0.2) is 34.3 Å². The molecule has 1 fully saturated rings. The minimum atomic E-state index is -0.0454. The molecule has 4 rings (SSSR count). The van der Waals surface area contributed by atoms with Crippen molar-refractivity contribution in [1.82, 2.24) is 9.97 Å². The first-order valence-electron chi connectivity index (χ1n) is 10.1. The number of nitrogens with one attached hydrogen (secondary N) is 1. The second-order valence-electron chi connectivity index (χ2n) is 8.54. The van der Waals surface area contributed by atoms with Crippen LogP contribution in [-0.2, 0) is 0 Å². The van der Waals surface area contributed by atoms with Crippen molar-refractivity contribution in [2.75, 3.05) is 23.4 Å². The summed E-state index contributed by atoms with van der Waals surface area (Å²) in [5.41, 5.74) is 4.00. The summed E-state index contributed by atoms with van der Waals surface area (Å²) >= 11 is 0. The Balaban J connectivity index is 1.67. The summed E-state index contributed by atoms with van der Waals surface area (Å²) in [5.74, 6) is 2.85. The summed E-state index contributed by atoms with van der Waals surface area (Å²) in [6.45, 7) is 9.60. The Morgan fingerprint density at radius 1 is 1.15 bits per heavy atom. The summed E-state index contributed by atoms with van der Waals surface area (Å²) < 4.78 is 0. The summed E-state index contributed by atoms with van der Waals surface area (Å²) in [7, 11) is 0. The number of rotatable bonds is 6. The molecule has 0 unspecified atom stereocenters. The summed E-state index contributed by atoms with van der Waals surface area (Å²) in [6, 6.07) is 11.3. The van der Waals surface area contributed by atoms with Gasteiger partial charge >= 0.3 is 0 Å². The maximum atomic E-state index is 9.68. The molecule has 5 heteroatoms. The molecule has 27 heavy (non-hydrogen) atoms. The molecule has 2 aliphatic rings. The molecule has 0 radical (unpaired) electrons. The molecule has 2 bridgehead atoms. The van der Waals surface area contributed by atoms with Gasteiger partial charge in [-0.25, -0.2) is 4.98 Å². The van der Waals surface area contributed by atoms with Crippen LogP contribution in [0.4, 0.5) is 11.8 Å². The first kappa shape index (κ1) is 18.2. The van der Waals surface area contributed by atoms with Crippen molar-refractivity contribution in [2.45, 2.75) is 58.0 Å². The Kier molecular flexibility index (Phi) is 4.81. The molecule has 1 aliphatic carbocycles. The molecule has 1 saturated heterocycles. The lowest BCUT2D eigenvalue weighted by Gasteiger charge is -2.31. The average molecular weight is 367 g/mol. The quantitative estimate of drug-likeness (QED) is 0.807. The smallest absolute Gasteiger partial charge is 0.225 e. The van der Waals surface area contributed by atoms with Crippen molar-refractivity contribution in [3.63, 3.8) is 0 Å². The number of anilines is 2. The van der Waals surface area contributed by atoms with Gasteiger partial charge in [-0.2, -0.15) is 4.98 Å². The molecule has 144 valence electrons. The van der Waals surface area contributed by atoms with Crippen LogP contribution in [0.15, 0.2) is 30.3 Å². The van der Waals surface area contributed by atoms with E-state index >= 15 is 0 Å². The van der Waals surface area contributed by atoms with E-state index in [4.69, 9.17) is 9.97 Å². The third kappa shape index (κ3) is 3.29. The van der Waals surface area contributed by atoms with Crippen LogP contribution in [0.2, 0.25) is 0 Å². The Morgan fingerprint density at radius 3 is 2.56 bits per heavy atom. The highest BCUT2D eigenvalue weighted by Gasteiger charge is 2.42. The number of hydrogen-bond donors (Lipinski definition) is 2. The van der Waals surface area contributed by atoms with Gasteiger partial charge in [0.2, 0.25) is 5.95 Å². The zero-order valence-electron chi connectivity index (χ0n) is 16.7. The maximum Gasteiger partial charge on any atom is 0.225 e. The first-order valence-corrected chi connectivity index (χ1v) is 10.1. The number of hydrogen-bond acceptors (Lipinski definition) is 5. The van der Waals surface area contributed by atoms with E-state index < -0.39 is 0 Å². The lowest BCUT2D eigenvalue weighted by atomic mass is 9.99. The van der Waals surface area contributed by atoms with Crippen LogP contribution in [0.25, 0.3) is 0 Å². The third-order valence-corrected chi connectivity index (χ3v) is 6.03.